The zero-order chi connectivity index (χ0) is 19.2. The van der Waals surface area contributed by atoms with Crippen molar-refractivity contribution >= 4 is 14.3 Å². The van der Waals surface area contributed by atoms with Gasteiger partial charge in [0.2, 0.25) is 0 Å². The highest BCUT2D eigenvalue weighted by atomic mass is 31.2. The van der Waals surface area contributed by atoms with E-state index in [1.165, 1.54) is 0 Å². The Balaban J connectivity index is 5.15. The molecule has 0 aliphatic rings. The molecule has 24 heavy (non-hydrogen) atoms. The molecule has 0 aromatic carbocycles. The molecule has 1 N–H and O–H groups in total. The van der Waals surface area contributed by atoms with Crippen LogP contribution in [0.5, 0.6) is 0 Å². The molecule has 0 fully saturated rings. The van der Waals surface area contributed by atoms with Gasteiger partial charge in [0.05, 0.1) is 13.2 Å². The molecule has 0 aliphatic carbocycles. The van der Waals surface area contributed by atoms with E-state index in [0.717, 1.165) is 6.16 Å². The molecule has 0 heterocycles. The molecule has 7 heteroatoms. The largest absolute Gasteiger partial charge is 0.479 e. The Labute approximate surface area is 148 Å². The van der Waals surface area contributed by atoms with E-state index in [2.05, 4.69) is 13.8 Å². The first-order chi connectivity index (χ1) is 10.7. The molecular formula is C17H36NO5P. The van der Waals surface area contributed by atoms with E-state index >= 15 is 0 Å². The highest BCUT2D eigenvalue weighted by Gasteiger charge is 2.38. The quantitative estimate of drug-likeness (QED) is 0.435. The molecule has 0 aliphatic heterocycles. The van der Waals surface area contributed by atoms with Crippen molar-refractivity contribution in [3.05, 3.63) is 0 Å². The number of nitrogens with zero attached hydrogens (tertiary/aromatic N) is 1. The molecule has 0 amide bonds. The fourth-order valence-electron chi connectivity index (χ4n) is 1.93. The summed E-state index contributed by atoms with van der Waals surface area (Å²) in [5, 5.41) is 11.1. The van der Waals surface area contributed by atoms with Gasteiger partial charge in [0.15, 0.2) is 14.0 Å². The average Bonchev–Trinajstić information content (AvgIpc) is 2.36. The van der Waals surface area contributed by atoms with Crippen LogP contribution in [0.15, 0.2) is 0 Å². The van der Waals surface area contributed by atoms with Crippen LogP contribution in [0.4, 0.5) is 0 Å². The standard InChI is InChI=1S/C17H36NO5P/c1-10-21-24(22-11-2)13-16(6,7)12-18(15(3,4)5)23-17(8,9)14(19)20/h10-13H2,1-9H3,(H,19,20). The highest BCUT2D eigenvalue weighted by molar-refractivity contribution is 7.47. The SMILES string of the molecule is CCOP(CC(C)(C)CN(OC(C)(C)C(=O)O)C(C)(C)C)OCC. The Morgan fingerprint density at radius 2 is 1.46 bits per heavy atom. The summed E-state index contributed by atoms with van der Waals surface area (Å²) in [6.07, 6.45) is 0.757. The molecule has 0 aromatic rings. The van der Waals surface area contributed by atoms with Gasteiger partial charge >= 0.3 is 5.97 Å². The first-order valence-corrected chi connectivity index (χ1v) is 9.85. The van der Waals surface area contributed by atoms with Crippen molar-refractivity contribution in [2.45, 2.75) is 73.5 Å². The lowest BCUT2D eigenvalue weighted by molar-refractivity contribution is -0.279. The molecule has 0 atom stereocenters. The minimum absolute atomic E-state index is 0.155. The number of rotatable bonds is 11. The van der Waals surface area contributed by atoms with Crippen molar-refractivity contribution < 1.29 is 23.8 Å². The summed E-state index contributed by atoms with van der Waals surface area (Å²) in [6.45, 7) is 19.1. The zero-order valence-corrected chi connectivity index (χ0v) is 17.7. The Hall–Kier alpha value is -0.260. The normalized spacial score (nSPS) is 13.8. The Morgan fingerprint density at radius 1 is 1.00 bits per heavy atom. The van der Waals surface area contributed by atoms with Gasteiger partial charge in [-0.15, -0.1) is 0 Å². The van der Waals surface area contributed by atoms with Gasteiger partial charge in [0.25, 0.3) is 0 Å². The number of hydrogen-bond acceptors (Lipinski definition) is 5. The molecule has 0 unspecified atom stereocenters. The molecular weight excluding hydrogens is 329 g/mol. The molecule has 0 radical (unpaired) electrons. The maximum absolute atomic E-state index is 11.4. The van der Waals surface area contributed by atoms with Gasteiger partial charge in [-0.3, -0.25) is 4.84 Å². The monoisotopic (exact) mass is 365 g/mol. The number of aliphatic carboxylic acids is 1. The van der Waals surface area contributed by atoms with Crippen LogP contribution in [-0.2, 0) is 18.7 Å². The predicted octanol–water partition coefficient (Wildman–Crippen LogP) is 4.29. The number of hydrogen-bond donors (Lipinski definition) is 1. The maximum atomic E-state index is 11.4. The first-order valence-electron chi connectivity index (χ1n) is 8.48. The fraction of sp³-hybridized carbons (Fsp3) is 0.941. The summed E-state index contributed by atoms with van der Waals surface area (Å²) >= 11 is 0. The summed E-state index contributed by atoms with van der Waals surface area (Å²) in [6, 6.07) is 0. The fourth-order valence-corrected chi connectivity index (χ4v) is 3.56. The Bertz CT molecular complexity index is 387. The predicted molar refractivity (Wildman–Crippen MR) is 98.1 cm³/mol. The third-order valence-electron chi connectivity index (χ3n) is 3.28. The second kappa shape index (κ2) is 9.44. The van der Waals surface area contributed by atoms with E-state index in [4.69, 9.17) is 13.9 Å². The summed E-state index contributed by atoms with van der Waals surface area (Å²) < 4.78 is 11.4. The first kappa shape index (κ1) is 23.7. The van der Waals surface area contributed by atoms with Crippen molar-refractivity contribution in [3.63, 3.8) is 0 Å². The van der Waals surface area contributed by atoms with Gasteiger partial charge < -0.3 is 14.2 Å². The summed E-state index contributed by atoms with van der Waals surface area (Å²) in [4.78, 5) is 17.3. The van der Waals surface area contributed by atoms with Crippen LogP contribution in [-0.4, -0.2) is 53.2 Å². The van der Waals surface area contributed by atoms with Crippen molar-refractivity contribution in [3.8, 4) is 0 Å². The van der Waals surface area contributed by atoms with Gasteiger partial charge in [-0.1, -0.05) is 13.8 Å². The summed E-state index contributed by atoms with van der Waals surface area (Å²) in [7, 11) is -0.959. The number of carboxylic acids is 1. The van der Waals surface area contributed by atoms with Gasteiger partial charge in [-0.2, -0.15) is 5.06 Å². The maximum Gasteiger partial charge on any atom is 0.337 e. The lowest BCUT2D eigenvalue weighted by Crippen LogP contribution is -2.52. The molecule has 0 rings (SSSR count). The highest BCUT2D eigenvalue weighted by Crippen LogP contribution is 2.44. The van der Waals surface area contributed by atoms with E-state index in [9.17, 15) is 9.90 Å². The number of carbonyl (C=O) groups is 1. The molecule has 0 saturated heterocycles. The minimum atomic E-state index is -1.28. The van der Waals surface area contributed by atoms with Crippen LogP contribution < -0.4 is 0 Å². The molecule has 0 saturated carbocycles. The molecule has 144 valence electrons. The van der Waals surface area contributed by atoms with E-state index in [1.54, 1.807) is 18.9 Å². The lowest BCUT2D eigenvalue weighted by atomic mass is 9.94. The van der Waals surface area contributed by atoms with Crippen LogP contribution in [0.1, 0.15) is 62.3 Å². The van der Waals surface area contributed by atoms with E-state index in [0.29, 0.717) is 19.8 Å². The van der Waals surface area contributed by atoms with Crippen LogP contribution >= 0.6 is 8.38 Å². The molecule has 0 bridgehead atoms. The van der Waals surface area contributed by atoms with Gasteiger partial charge in [0, 0.05) is 18.2 Å². The van der Waals surface area contributed by atoms with Crippen molar-refractivity contribution in [1.29, 1.82) is 0 Å². The minimum Gasteiger partial charge on any atom is -0.479 e. The van der Waals surface area contributed by atoms with Crippen LogP contribution in [0, 0.1) is 5.41 Å². The molecule has 0 spiro atoms. The summed E-state index contributed by atoms with van der Waals surface area (Å²) in [5.74, 6) is -0.986. The van der Waals surface area contributed by atoms with Crippen LogP contribution in [0.3, 0.4) is 0 Å². The topological polar surface area (TPSA) is 68.2 Å². The smallest absolute Gasteiger partial charge is 0.337 e. The summed E-state index contributed by atoms with van der Waals surface area (Å²) in [5.41, 5.74) is -1.77. The lowest BCUT2D eigenvalue weighted by Gasteiger charge is -2.43. The Kier molecular flexibility index (Phi) is 9.34. The molecule has 0 aromatic heterocycles. The number of carboxylic acid groups (broad SMARTS) is 1. The van der Waals surface area contributed by atoms with Gasteiger partial charge in [-0.25, -0.2) is 4.79 Å². The van der Waals surface area contributed by atoms with Crippen molar-refractivity contribution in [1.82, 2.24) is 5.06 Å². The second-order valence-corrected chi connectivity index (χ2v) is 9.60. The van der Waals surface area contributed by atoms with E-state index in [1.807, 2.05) is 34.6 Å². The second-order valence-electron chi connectivity index (χ2n) is 8.10. The average molecular weight is 365 g/mol. The van der Waals surface area contributed by atoms with Crippen molar-refractivity contribution in [2.75, 3.05) is 25.9 Å². The van der Waals surface area contributed by atoms with E-state index in [-0.39, 0.29) is 11.0 Å². The third-order valence-corrected chi connectivity index (χ3v) is 5.48. The molecule has 6 nitrogen and oxygen atoms in total. The van der Waals surface area contributed by atoms with Crippen LogP contribution in [0.2, 0.25) is 0 Å². The third kappa shape index (κ3) is 8.72. The van der Waals surface area contributed by atoms with Gasteiger partial charge in [-0.05, 0) is 53.9 Å². The van der Waals surface area contributed by atoms with Gasteiger partial charge in [0.1, 0.15) is 0 Å². The van der Waals surface area contributed by atoms with Crippen LogP contribution in [0.25, 0.3) is 0 Å². The zero-order valence-electron chi connectivity index (χ0n) is 16.8. The Morgan fingerprint density at radius 3 is 1.79 bits per heavy atom. The number of hydroxylamine groups is 2. The van der Waals surface area contributed by atoms with Crippen molar-refractivity contribution in [2.24, 2.45) is 5.41 Å². The van der Waals surface area contributed by atoms with E-state index < -0.39 is 19.9 Å².